The van der Waals surface area contributed by atoms with E-state index in [2.05, 4.69) is 21.4 Å². The Balaban J connectivity index is 1.50. The molecule has 0 bridgehead atoms. The first-order valence-corrected chi connectivity index (χ1v) is 12.1. The first kappa shape index (κ1) is 22.8. The molecular formula is C23H20F2N6O3S. The average molecular weight is 499 g/mol. The molecule has 3 aromatic rings. The third-order valence-corrected chi connectivity index (χ3v) is 7.86. The molecule has 0 radical (unpaired) electrons. The Morgan fingerprint density at radius 1 is 1.23 bits per heavy atom. The Labute approximate surface area is 200 Å². The Hall–Kier alpha value is -3.98. The fourth-order valence-electron chi connectivity index (χ4n) is 3.97. The molecular weight excluding hydrogens is 478 g/mol. The van der Waals surface area contributed by atoms with Crippen LogP contribution in [0.2, 0.25) is 0 Å². The van der Waals surface area contributed by atoms with E-state index in [9.17, 15) is 22.5 Å². The van der Waals surface area contributed by atoms with E-state index in [1.807, 2.05) is 0 Å². The zero-order valence-electron chi connectivity index (χ0n) is 18.7. The standard InChI is InChI=1S/C23H20F2N6O3S/c1-27-21-7-8-28-22(29-21)34-17-5-3-15(12-26)18(10-17)14-4-6-19-20(9-14)30(2)35(32,33)31(19)13-16-11-23(16,24)25/h3-10,16H,11,13H2,1-2H3,(H,27,28,29). The topological polar surface area (TPSA) is 111 Å². The number of benzene rings is 2. The summed E-state index contributed by atoms with van der Waals surface area (Å²) in [5, 5.41) is 12.5. The maximum atomic E-state index is 13.5. The van der Waals surface area contributed by atoms with Crippen molar-refractivity contribution in [3.8, 4) is 29.0 Å². The van der Waals surface area contributed by atoms with Crippen LogP contribution >= 0.6 is 0 Å². The van der Waals surface area contributed by atoms with Crippen LogP contribution in [0.4, 0.5) is 26.0 Å². The van der Waals surface area contributed by atoms with Crippen molar-refractivity contribution < 1.29 is 21.9 Å². The molecule has 0 spiro atoms. The van der Waals surface area contributed by atoms with Gasteiger partial charge in [0.15, 0.2) is 0 Å². The third kappa shape index (κ3) is 3.97. The molecule has 2 aliphatic rings. The van der Waals surface area contributed by atoms with Gasteiger partial charge in [0.1, 0.15) is 11.6 Å². The number of nitrogens with zero attached hydrogens (tertiary/aromatic N) is 5. The summed E-state index contributed by atoms with van der Waals surface area (Å²) >= 11 is 0. The largest absolute Gasteiger partial charge is 0.424 e. The fourth-order valence-corrected chi connectivity index (χ4v) is 5.43. The van der Waals surface area contributed by atoms with Crippen molar-refractivity contribution in [3.05, 3.63) is 54.2 Å². The molecule has 1 saturated carbocycles. The van der Waals surface area contributed by atoms with Crippen molar-refractivity contribution in [2.75, 3.05) is 34.6 Å². The molecule has 1 N–H and O–H groups in total. The summed E-state index contributed by atoms with van der Waals surface area (Å²) in [6, 6.07) is 13.6. The summed E-state index contributed by atoms with van der Waals surface area (Å²) in [4.78, 5) is 8.29. The minimum absolute atomic E-state index is 0.111. The van der Waals surface area contributed by atoms with Crippen LogP contribution in [-0.2, 0) is 10.2 Å². The molecule has 1 aromatic heterocycles. The van der Waals surface area contributed by atoms with E-state index >= 15 is 0 Å². The van der Waals surface area contributed by atoms with Gasteiger partial charge in [-0.05, 0) is 42.0 Å². The highest BCUT2D eigenvalue weighted by molar-refractivity contribution is 7.94. The molecule has 1 unspecified atom stereocenters. The van der Waals surface area contributed by atoms with E-state index in [0.29, 0.717) is 39.6 Å². The van der Waals surface area contributed by atoms with Crippen LogP contribution in [0.5, 0.6) is 11.8 Å². The van der Waals surface area contributed by atoms with E-state index in [4.69, 9.17) is 4.74 Å². The van der Waals surface area contributed by atoms with E-state index in [1.54, 1.807) is 55.7 Å². The van der Waals surface area contributed by atoms with Crippen LogP contribution in [0.15, 0.2) is 48.7 Å². The zero-order chi connectivity index (χ0) is 25.0. The third-order valence-electron chi connectivity index (χ3n) is 6.07. The number of fused-ring (bicyclic) bond motifs is 1. The summed E-state index contributed by atoms with van der Waals surface area (Å²) in [6.45, 7) is -0.287. The highest BCUT2D eigenvalue weighted by Crippen LogP contribution is 2.52. The number of nitrogens with one attached hydrogen (secondary N) is 1. The Bertz CT molecular complexity index is 1470. The summed E-state index contributed by atoms with van der Waals surface area (Å²) < 4.78 is 60.7. The molecule has 12 heteroatoms. The number of nitriles is 1. The number of hydrogen-bond donors (Lipinski definition) is 1. The lowest BCUT2D eigenvalue weighted by molar-refractivity contribution is 0.101. The molecule has 1 aliphatic carbocycles. The van der Waals surface area contributed by atoms with Gasteiger partial charge in [0.05, 0.1) is 23.0 Å². The van der Waals surface area contributed by atoms with Gasteiger partial charge in [-0.3, -0.25) is 8.61 Å². The monoisotopic (exact) mass is 498 g/mol. The van der Waals surface area contributed by atoms with Crippen molar-refractivity contribution in [1.82, 2.24) is 9.97 Å². The van der Waals surface area contributed by atoms with Crippen molar-refractivity contribution in [2.24, 2.45) is 5.92 Å². The van der Waals surface area contributed by atoms with Crippen LogP contribution < -0.4 is 18.7 Å². The molecule has 9 nitrogen and oxygen atoms in total. The number of alkyl halides is 2. The second kappa shape index (κ2) is 8.06. The molecule has 35 heavy (non-hydrogen) atoms. The summed E-state index contributed by atoms with van der Waals surface area (Å²) in [6.07, 6.45) is 1.22. The number of halogens is 2. The minimum atomic E-state index is -3.98. The van der Waals surface area contributed by atoms with Gasteiger partial charge in [-0.2, -0.15) is 18.7 Å². The van der Waals surface area contributed by atoms with Crippen LogP contribution in [0.1, 0.15) is 12.0 Å². The Morgan fingerprint density at radius 3 is 2.69 bits per heavy atom. The lowest BCUT2D eigenvalue weighted by Crippen LogP contribution is -2.37. The minimum Gasteiger partial charge on any atom is -0.424 e. The summed E-state index contributed by atoms with van der Waals surface area (Å²) in [5.41, 5.74) is 2.08. The van der Waals surface area contributed by atoms with E-state index in [-0.39, 0.29) is 19.0 Å². The summed E-state index contributed by atoms with van der Waals surface area (Å²) in [7, 11) is -0.888. The molecule has 1 atom stereocenters. The fraction of sp³-hybridized carbons (Fsp3) is 0.261. The van der Waals surface area contributed by atoms with Gasteiger partial charge >= 0.3 is 16.2 Å². The Kier molecular flexibility index (Phi) is 5.25. The smallest absolute Gasteiger partial charge is 0.326 e. The molecule has 180 valence electrons. The lowest BCUT2D eigenvalue weighted by atomic mass is 9.99. The number of hydrogen-bond acceptors (Lipinski definition) is 7. The molecule has 0 saturated heterocycles. The van der Waals surface area contributed by atoms with Crippen molar-refractivity contribution in [1.29, 1.82) is 5.26 Å². The van der Waals surface area contributed by atoms with Gasteiger partial charge in [0, 0.05) is 44.7 Å². The number of aromatic nitrogens is 2. The van der Waals surface area contributed by atoms with Crippen LogP contribution in [-0.4, -0.2) is 44.9 Å². The van der Waals surface area contributed by atoms with Crippen molar-refractivity contribution in [3.63, 3.8) is 0 Å². The molecule has 1 aliphatic heterocycles. The van der Waals surface area contributed by atoms with Gasteiger partial charge in [-0.15, -0.1) is 0 Å². The molecule has 5 rings (SSSR count). The van der Waals surface area contributed by atoms with Crippen molar-refractivity contribution in [2.45, 2.75) is 12.3 Å². The quantitative estimate of drug-likeness (QED) is 0.547. The lowest BCUT2D eigenvalue weighted by Gasteiger charge is -2.18. The predicted molar refractivity (Wildman–Crippen MR) is 126 cm³/mol. The normalized spacial score (nSPS) is 19.1. The van der Waals surface area contributed by atoms with Crippen molar-refractivity contribution >= 4 is 27.4 Å². The molecule has 1 fully saturated rings. The van der Waals surface area contributed by atoms with Gasteiger partial charge < -0.3 is 10.1 Å². The number of ether oxygens (including phenoxy) is 1. The molecule has 2 aromatic carbocycles. The zero-order valence-corrected chi connectivity index (χ0v) is 19.6. The number of rotatable bonds is 6. The maximum Gasteiger partial charge on any atom is 0.326 e. The predicted octanol–water partition coefficient (Wildman–Crippen LogP) is 4.01. The first-order chi connectivity index (χ1) is 16.6. The van der Waals surface area contributed by atoms with E-state index in [1.165, 1.54) is 7.05 Å². The second-order valence-electron chi connectivity index (χ2n) is 8.27. The van der Waals surface area contributed by atoms with E-state index < -0.39 is 22.0 Å². The SMILES string of the molecule is CNc1ccnc(Oc2ccc(C#N)c(-c3ccc4c(c3)N(C)S(=O)(=O)N4CC3CC3(F)F)c2)n1. The molecule has 0 amide bonds. The molecule has 2 heterocycles. The van der Waals surface area contributed by atoms with Crippen LogP contribution in [0.3, 0.4) is 0 Å². The van der Waals surface area contributed by atoms with E-state index in [0.717, 1.165) is 8.61 Å². The summed E-state index contributed by atoms with van der Waals surface area (Å²) in [5.74, 6) is -2.89. The average Bonchev–Trinajstić information content (AvgIpc) is 3.41. The number of anilines is 3. The Morgan fingerprint density at radius 2 is 2.00 bits per heavy atom. The second-order valence-corrected chi connectivity index (χ2v) is 10.2. The van der Waals surface area contributed by atoms with Crippen LogP contribution in [0.25, 0.3) is 11.1 Å². The highest BCUT2D eigenvalue weighted by atomic mass is 32.2. The van der Waals surface area contributed by atoms with Gasteiger partial charge in [-0.1, -0.05) is 6.07 Å². The van der Waals surface area contributed by atoms with Gasteiger partial charge in [0.2, 0.25) is 0 Å². The van der Waals surface area contributed by atoms with Crippen LogP contribution in [0, 0.1) is 17.2 Å². The maximum absolute atomic E-state index is 13.5. The first-order valence-electron chi connectivity index (χ1n) is 10.7. The van der Waals surface area contributed by atoms with Gasteiger partial charge in [0.25, 0.3) is 5.92 Å². The van der Waals surface area contributed by atoms with Gasteiger partial charge in [-0.25, -0.2) is 13.8 Å². The highest BCUT2D eigenvalue weighted by Gasteiger charge is 2.59.